The Balaban J connectivity index is 2.57. The fraction of sp³-hybridized carbons (Fsp3) is 1.00. The number of aliphatic hydroxyl groups is 1. The smallest absolute Gasteiger partial charge is 0.0633 e. The predicted octanol–water partition coefficient (Wildman–Crippen LogP) is 2.48. The van der Waals surface area contributed by atoms with Gasteiger partial charge in [-0.3, -0.25) is 0 Å². The molecule has 0 aliphatic heterocycles. The molecular formula is C9H17N3O. The molecule has 0 saturated heterocycles. The first kappa shape index (κ1) is 10.4. The summed E-state index contributed by atoms with van der Waals surface area (Å²) in [5.74, 6) is 0.371. The Hall–Kier alpha value is -0.730. The first-order valence-corrected chi connectivity index (χ1v) is 4.74. The summed E-state index contributed by atoms with van der Waals surface area (Å²) in [4.78, 5) is 2.76. The monoisotopic (exact) mass is 183 g/mol. The summed E-state index contributed by atoms with van der Waals surface area (Å²) in [7, 11) is 0. The highest BCUT2D eigenvalue weighted by molar-refractivity contribution is 4.88. The predicted molar refractivity (Wildman–Crippen MR) is 51.1 cm³/mol. The minimum Gasteiger partial charge on any atom is -0.396 e. The van der Waals surface area contributed by atoms with Crippen LogP contribution in [0.4, 0.5) is 0 Å². The lowest BCUT2D eigenvalue weighted by atomic mass is 9.89. The number of hydrogen-bond acceptors (Lipinski definition) is 2. The third kappa shape index (κ3) is 2.61. The summed E-state index contributed by atoms with van der Waals surface area (Å²) in [5.41, 5.74) is 8.66. The van der Waals surface area contributed by atoms with E-state index < -0.39 is 0 Å². The molecule has 0 amide bonds. The van der Waals surface area contributed by atoms with E-state index in [0.717, 1.165) is 19.3 Å². The van der Waals surface area contributed by atoms with E-state index in [-0.39, 0.29) is 12.6 Å². The Kier molecular flexibility index (Phi) is 3.17. The van der Waals surface area contributed by atoms with E-state index in [0.29, 0.717) is 11.3 Å². The van der Waals surface area contributed by atoms with E-state index in [1.54, 1.807) is 0 Å². The number of hydrogen-bond donors (Lipinski definition) is 1. The van der Waals surface area contributed by atoms with Gasteiger partial charge in [-0.2, -0.15) is 0 Å². The molecule has 0 aromatic heterocycles. The maximum absolute atomic E-state index is 9.02. The minimum absolute atomic E-state index is 0.0230. The molecule has 1 fully saturated rings. The maximum Gasteiger partial charge on any atom is 0.0633 e. The summed E-state index contributed by atoms with van der Waals surface area (Å²) >= 11 is 0. The highest BCUT2D eigenvalue weighted by Gasteiger charge is 2.34. The number of nitrogens with zero attached hydrogens (tertiary/aromatic N) is 3. The lowest BCUT2D eigenvalue weighted by Gasteiger charge is -2.19. The van der Waals surface area contributed by atoms with Gasteiger partial charge in [-0.05, 0) is 36.1 Å². The van der Waals surface area contributed by atoms with Gasteiger partial charge in [0.25, 0.3) is 0 Å². The molecule has 2 atom stereocenters. The summed E-state index contributed by atoms with van der Waals surface area (Å²) in [6.07, 6.45) is 3.28. The molecule has 0 aromatic rings. The summed E-state index contributed by atoms with van der Waals surface area (Å²) in [5, 5.41) is 12.6. The molecule has 1 rings (SSSR count). The van der Waals surface area contributed by atoms with Gasteiger partial charge in [0.1, 0.15) is 0 Å². The Morgan fingerprint density at radius 2 is 2.38 bits per heavy atom. The van der Waals surface area contributed by atoms with Crippen LogP contribution in [0.15, 0.2) is 5.11 Å². The Labute approximate surface area is 78.6 Å². The zero-order valence-corrected chi connectivity index (χ0v) is 8.27. The molecule has 2 unspecified atom stereocenters. The van der Waals surface area contributed by atoms with E-state index in [9.17, 15) is 0 Å². The standard InChI is InChI=1S/C9H17N3O/c1-9(2)4-3-7(5-9)8(6-13)11-12-10/h7-8,13H,3-6H2,1-2H3. The van der Waals surface area contributed by atoms with Gasteiger partial charge in [0.2, 0.25) is 0 Å². The van der Waals surface area contributed by atoms with Crippen molar-refractivity contribution >= 4 is 0 Å². The zero-order chi connectivity index (χ0) is 9.90. The topological polar surface area (TPSA) is 69.0 Å². The molecule has 0 spiro atoms. The molecule has 4 heteroatoms. The molecule has 4 nitrogen and oxygen atoms in total. The van der Waals surface area contributed by atoms with Gasteiger partial charge in [-0.25, -0.2) is 0 Å². The van der Waals surface area contributed by atoms with E-state index in [1.165, 1.54) is 0 Å². The van der Waals surface area contributed by atoms with Gasteiger partial charge in [-0.15, -0.1) is 0 Å². The second-order valence-electron chi connectivity index (χ2n) is 4.62. The molecule has 1 saturated carbocycles. The average Bonchev–Trinajstić information content (AvgIpc) is 2.42. The number of rotatable bonds is 3. The van der Waals surface area contributed by atoms with Crippen LogP contribution in [-0.2, 0) is 0 Å². The summed E-state index contributed by atoms with van der Waals surface area (Å²) in [6, 6.07) is -0.216. The van der Waals surface area contributed by atoms with Crippen LogP contribution in [0.2, 0.25) is 0 Å². The molecule has 13 heavy (non-hydrogen) atoms. The van der Waals surface area contributed by atoms with Crippen LogP contribution in [-0.4, -0.2) is 17.8 Å². The highest BCUT2D eigenvalue weighted by atomic mass is 16.3. The van der Waals surface area contributed by atoms with Crippen molar-refractivity contribution < 1.29 is 5.11 Å². The van der Waals surface area contributed by atoms with Crippen LogP contribution in [0.3, 0.4) is 0 Å². The first-order chi connectivity index (χ1) is 6.09. The number of azide groups is 1. The van der Waals surface area contributed by atoms with Gasteiger partial charge < -0.3 is 5.11 Å². The van der Waals surface area contributed by atoms with Crippen molar-refractivity contribution in [2.45, 2.75) is 39.2 Å². The molecule has 1 aliphatic rings. The Morgan fingerprint density at radius 1 is 1.69 bits per heavy atom. The van der Waals surface area contributed by atoms with Gasteiger partial charge in [-0.1, -0.05) is 19.0 Å². The van der Waals surface area contributed by atoms with E-state index >= 15 is 0 Å². The Bertz CT molecular complexity index is 221. The highest BCUT2D eigenvalue weighted by Crippen LogP contribution is 2.42. The molecule has 1 aliphatic carbocycles. The molecule has 0 bridgehead atoms. The fourth-order valence-electron chi connectivity index (χ4n) is 2.16. The second-order valence-corrected chi connectivity index (χ2v) is 4.62. The van der Waals surface area contributed by atoms with Crippen molar-refractivity contribution in [1.29, 1.82) is 0 Å². The first-order valence-electron chi connectivity index (χ1n) is 4.74. The molecule has 1 N–H and O–H groups in total. The normalized spacial score (nSPS) is 28.1. The van der Waals surface area contributed by atoms with Crippen molar-refractivity contribution in [1.82, 2.24) is 0 Å². The van der Waals surface area contributed by atoms with Gasteiger partial charge in [0.15, 0.2) is 0 Å². The van der Waals surface area contributed by atoms with Gasteiger partial charge in [0, 0.05) is 4.91 Å². The molecule has 0 aromatic carbocycles. The van der Waals surface area contributed by atoms with Crippen LogP contribution >= 0.6 is 0 Å². The molecular weight excluding hydrogens is 166 g/mol. The maximum atomic E-state index is 9.02. The SMILES string of the molecule is CC1(C)CCC(C(CO)N=[N+]=[N-])C1. The van der Waals surface area contributed by atoms with Crippen LogP contribution in [0, 0.1) is 11.3 Å². The van der Waals surface area contributed by atoms with Crippen molar-refractivity contribution in [2.75, 3.05) is 6.61 Å². The fourth-order valence-corrected chi connectivity index (χ4v) is 2.16. The average molecular weight is 183 g/mol. The largest absolute Gasteiger partial charge is 0.396 e. The van der Waals surface area contributed by atoms with Crippen LogP contribution in [0.25, 0.3) is 10.4 Å². The second kappa shape index (κ2) is 3.99. The number of aliphatic hydroxyl groups excluding tert-OH is 1. The quantitative estimate of drug-likeness (QED) is 0.407. The van der Waals surface area contributed by atoms with Crippen molar-refractivity contribution in [3.8, 4) is 0 Å². The van der Waals surface area contributed by atoms with E-state index in [4.69, 9.17) is 10.6 Å². The van der Waals surface area contributed by atoms with Crippen LogP contribution in [0.1, 0.15) is 33.1 Å². The van der Waals surface area contributed by atoms with Crippen molar-refractivity contribution in [2.24, 2.45) is 16.4 Å². The lowest BCUT2D eigenvalue weighted by Crippen LogP contribution is -2.20. The summed E-state index contributed by atoms with van der Waals surface area (Å²) < 4.78 is 0. The minimum atomic E-state index is -0.216. The zero-order valence-electron chi connectivity index (χ0n) is 8.27. The van der Waals surface area contributed by atoms with E-state index in [1.807, 2.05) is 0 Å². The third-order valence-corrected chi connectivity index (χ3v) is 2.94. The van der Waals surface area contributed by atoms with Crippen LogP contribution < -0.4 is 0 Å². The Morgan fingerprint density at radius 3 is 2.77 bits per heavy atom. The lowest BCUT2D eigenvalue weighted by molar-refractivity contribution is 0.219. The van der Waals surface area contributed by atoms with E-state index in [2.05, 4.69) is 23.9 Å². The molecule has 74 valence electrons. The van der Waals surface area contributed by atoms with Crippen LogP contribution in [0.5, 0.6) is 0 Å². The van der Waals surface area contributed by atoms with Crippen molar-refractivity contribution in [3.05, 3.63) is 10.4 Å². The molecule has 0 heterocycles. The van der Waals surface area contributed by atoms with Gasteiger partial charge in [0.05, 0.1) is 12.6 Å². The van der Waals surface area contributed by atoms with Crippen molar-refractivity contribution in [3.63, 3.8) is 0 Å². The van der Waals surface area contributed by atoms with Gasteiger partial charge >= 0.3 is 0 Å². The molecule has 0 radical (unpaired) electrons. The third-order valence-electron chi connectivity index (χ3n) is 2.94. The summed E-state index contributed by atoms with van der Waals surface area (Å²) in [6.45, 7) is 4.42.